The van der Waals surface area contributed by atoms with Gasteiger partial charge in [0.05, 0.1) is 16.8 Å². The fraction of sp³-hybridized carbons (Fsp3) is 0.286. The van der Waals surface area contributed by atoms with Gasteiger partial charge in [0.15, 0.2) is 0 Å². The van der Waals surface area contributed by atoms with Crippen LogP contribution < -0.4 is 0 Å². The molecule has 4 rings (SSSR count). The number of fused-ring (bicyclic) bond motifs is 1. The Morgan fingerprint density at radius 1 is 1.04 bits per heavy atom. The average molecular weight is 366 g/mol. The summed E-state index contributed by atoms with van der Waals surface area (Å²) in [6.45, 7) is 1.62. The first-order valence-corrected chi connectivity index (χ1v) is 9.40. The Labute approximate surface area is 157 Å². The van der Waals surface area contributed by atoms with Crippen LogP contribution in [-0.2, 0) is 0 Å². The molecule has 4 nitrogen and oxygen atoms in total. The highest BCUT2D eigenvalue weighted by Crippen LogP contribution is 2.28. The van der Waals surface area contributed by atoms with Gasteiger partial charge in [0.1, 0.15) is 0 Å². The lowest BCUT2D eigenvalue weighted by Gasteiger charge is -2.21. The van der Waals surface area contributed by atoms with Crippen molar-refractivity contribution in [3.63, 3.8) is 0 Å². The Morgan fingerprint density at radius 2 is 1.85 bits per heavy atom. The summed E-state index contributed by atoms with van der Waals surface area (Å²) in [6.07, 6.45) is 8.00. The van der Waals surface area contributed by atoms with Gasteiger partial charge in [0.25, 0.3) is 5.91 Å². The largest absolute Gasteiger partial charge is 0.339 e. The summed E-state index contributed by atoms with van der Waals surface area (Å²) in [4.78, 5) is 24.2. The minimum absolute atomic E-state index is 0.0618. The number of amides is 1. The quantitative estimate of drug-likeness (QED) is 0.644. The van der Waals surface area contributed by atoms with Crippen LogP contribution in [0.3, 0.4) is 0 Å². The molecule has 0 N–H and O–H groups in total. The maximum Gasteiger partial charge on any atom is 0.254 e. The van der Waals surface area contributed by atoms with E-state index in [1.807, 2.05) is 41.3 Å². The van der Waals surface area contributed by atoms with Crippen LogP contribution in [-0.4, -0.2) is 33.9 Å². The highest BCUT2D eigenvalue weighted by molar-refractivity contribution is 6.31. The highest BCUT2D eigenvalue weighted by Gasteiger charge is 2.21. The number of pyridine rings is 2. The van der Waals surface area contributed by atoms with Crippen molar-refractivity contribution in [2.24, 2.45) is 0 Å². The summed E-state index contributed by atoms with van der Waals surface area (Å²) < 4.78 is 0. The van der Waals surface area contributed by atoms with Gasteiger partial charge < -0.3 is 4.90 Å². The summed E-state index contributed by atoms with van der Waals surface area (Å²) in [5.74, 6) is 0.0618. The summed E-state index contributed by atoms with van der Waals surface area (Å²) in [5, 5.41) is 1.41. The molecule has 26 heavy (non-hydrogen) atoms. The molecule has 3 aromatic rings. The van der Waals surface area contributed by atoms with E-state index in [9.17, 15) is 4.79 Å². The number of hydrogen-bond acceptors (Lipinski definition) is 3. The molecule has 5 heteroatoms. The van der Waals surface area contributed by atoms with Gasteiger partial charge in [-0.1, -0.05) is 24.4 Å². The Bertz CT molecular complexity index is 935. The Balaban J connectivity index is 1.85. The van der Waals surface area contributed by atoms with Crippen molar-refractivity contribution in [1.29, 1.82) is 0 Å². The minimum Gasteiger partial charge on any atom is -0.339 e. The third-order valence-corrected chi connectivity index (χ3v) is 5.09. The van der Waals surface area contributed by atoms with Gasteiger partial charge in [-0.3, -0.25) is 9.78 Å². The number of rotatable bonds is 2. The molecular weight excluding hydrogens is 346 g/mol. The topological polar surface area (TPSA) is 46.1 Å². The molecule has 1 aromatic carbocycles. The lowest BCUT2D eigenvalue weighted by atomic mass is 10.0. The van der Waals surface area contributed by atoms with Crippen LogP contribution >= 0.6 is 11.6 Å². The molecule has 0 unspecified atom stereocenters. The first-order chi connectivity index (χ1) is 12.7. The molecule has 0 bridgehead atoms. The lowest BCUT2D eigenvalue weighted by Crippen LogP contribution is -2.32. The van der Waals surface area contributed by atoms with Crippen LogP contribution in [0.2, 0.25) is 5.02 Å². The fourth-order valence-electron chi connectivity index (χ4n) is 3.48. The van der Waals surface area contributed by atoms with E-state index in [0.29, 0.717) is 10.6 Å². The third-order valence-electron chi connectivity index (χ3n) is 4.85. The Hall–Kier alpha value is -2.46. The predicted molar refractivity (Wildman–Crippen MR) is 104 cm³/mol. The molecule has 132 valence electrons. The van der Waals surface area contributed by atoms with E-state index in [1.165, 1.54) is 12.8 Å². The van der Waals surface area contributed by atoms with Crippen LogP contribution in [0.15, 0.2) is 48.8 Å². The number of carbonyl (C=O) groups is 1. The van der Waals surface area contributed by atoms with Crippen LogP contribution in [0.1, 0.15) is 36.0 Å². The van der Waals surface area contributed by atoms with Crippen molar-refractivity contribution in [2.45, 2.75) is 25.7 Å². The summed E-state index contributed by atoms with van der Waals surface area (Å²) in [7, 11) is 0. The maximum absolute atomic E-state index is 13.3. The monoisotopic (exact) mass is 365 g/mol. The number of hydrogen-bond donors (Lipinski definition) is 0. The second-order valence-electron chi connectivity index (χ2n) is 6.66. The Kier molecular flexibility index (Phi) is 4.85. The summed E-state index contributed by atoms with van der Waals surface area (Å²) in [6, 6.07) is 11.2. The summed E-state index contributed by atoms with van der Waals surface area (Å²) >= 11 is 6.20. The van der Waals surface area contributed by atoms with Crippen LogP contribution in [0.4, 0.5) is 0 Å². The fourth-order valence-corrected chi connectivity index (χ4v) is 3.65. The van der Waals surface area contributed by atoms with Crippen molar-refractivity contribution in [3.05, 3.63) is 59.4 Å². The van der Waals surface area contributed by atoms with Gasteiger partial charge in [0.2, 0.25) is 0 Å². The zero-order valence-corrected chi connectivity index (χ0v) is 15.2. The number of benzene rings is 1. The normalized spacial score (nSPS) is 15.0. The molecule has 3 heterocycles. The average Bonchev–Trinajstić information content (AvgIpc) is 2.97. The van der Waals surface area contributed by atoms with Crippen molar-refractivity contribution >= 4 is 28.4 Å². The van der Waals surface area contributed by atoms with Crippen LogP contribution in [0.25, 0.3) is 22.2 Å². The van der Waals surface area contributed by atoms with Crippen molar-refractivity contribution in [3.8, 4) is 11.3 Å². The molecule has 1 fully saturated rings. The van der Waals surface area contributed by atoms with E-state index in [1.54, 1.807) is 12.4 Å². The molecular formula is C21H20ClN3O. The van der Waals surface area contributed by atoms with Gasteiger partial charge in [-0.05, 0) is 49.2 Å². The lowest BCUT2D eigenvalue weighted by molar-refractivity contribution is 0.0763. The highest BCUT2D eigenvalue weighted by atomic mass is 35.5. The molecule has 0 saturated carbocycles. The molecule has 1 aliphatic rings. The predicted octanol–water partition coefficient (Wildman–Crippen LogP) is 4.97. The van der Waals surface area contributed by atoms with Crippen LogP contribution in [0, 0.1) is 0 Å². The van der Waals surface area contributed by atoms with Crippen molar-refractivity contribution in [2.75, 3.05) is 13.1 Å². The van der Waals surface area contributed by atoms with Crippen molar-refractivity contribution in [1.82, 2.24) is 14.9 Å². The zero-order chi connectivity index (χ0) is 17.9. The molecule has 1 aliphatic heterocycles. The molecule has 1 amide bonds. The molecule has 2 aromatic heterocycles. The van der Waals surface area contributed by atoms with Gasteiger partial charge >= 0.3 is 0 Å². The van der Waals surface area contributed by atoms with Gasteiger partial charge in [0, 0.05) is 41.5 Å². The van der Waals surface area contributed by atoms with E-state index < -0.39 is 0 Å². The standard InChI is InChI=1S/C21H20ClN3O/c22-16-7-8-19-17(12-16)18(21(26)25-10-3-1-2-4-11-25)13-20(24-19)15-6-5-9-23-14-15/h5-9,12-14H,1-4,10-11H2. The molecule has 0 spiro atoms. The van der Waals surface area contributed by atoms with E-state index in [4.69, 9.17) is 16.6 Å². The maximum atomic E-state index is 13.3. The number of aromatic nitrogens is 2. The van der Waals surface area contributed by atoms with Crippen molar-refractivity contribution < 1.29 is 4.79 Å². The second kappa shape index (κ2) is 7.42. The van der Waals surface area contributed by atoms with E-state index in [2.05, 4.69) is 4.98 Å². The second-order valence-corrected chi connectivity index (χ2v) is 7.10. The Morgan fingerprint density at radius 3 is 2.58 bits per heavy atom. The number of halogens is 1. The van der Waals surface area contributed by atoms with Crippen LogP contribution in [0.5, 0.6) is 0 Å². The number of likely N-dealkylation sites (tertiary alicyclic amines) is 1. The molecule has 0 atom stereocenters. The summed E-state index contributed by atoms with van der Waals surface area (Å²) in [5.41, 5.74) is 3.09. The van der Waals surface area contributed by atoms with Gasteiger partial charge in [-0.2, -0.15) is 0 Å². The van der Waals surface area contributed by atoms with Gasteiger partial charge in [-0.25, -0.2) is 4.98 Å². The SMILES string of the molecule is O=C(c1cc(-c2cccnc2)nc2ccc(Cl)cc12)N1CCCCCC1. The van der Waals surface area contributed by atoms with Gasteiger partial charge in [-0.15, -0.1) is 0 Å². The van der Waals surface area contributed by atoms with E-state index >= 15 is 0 Å². The smallest absolute Gasteiger partial charge is 0.254 e. The third kappa shape index (κ3) is 3.42. The van der Waals surface area contributed by atoms with E-state index in [0.717, 1.165) is 48.1 Å². The molecule has 0 aliphatic carbocycles. The zero-order valence-electron chi connectivity index (χ0n) is 14.5. The first-order valence-electron chi connectivity index (χ1n) is 9.02. The first kappa shape index (κ1) is 17.0. The van der Waals surface area contributed by atoms with E-state index in [-0.39, 0.29) is 5.91 Å². The molecule has 0 radical (unpaired) electrons. The number of nitrogens with zero attached hydrogens (tertiary/aromatic N) is 3. The number of carbonyl (C=O) groups excluding carboxylic acids is 1. The minimum atomic E-state index is 0.0618. The molecule has 1 saturated heterocycles.